The van der Waals surface area contributed by atoms with Gasteiger partial charge in [0, 0.05) is 12.2 Å². The first-order chi connectivity index (χ1) is 11.8. The summed E-state index contributed by atoms with van der Waals surface area (Å²) in [6.45, 7) is 11.0. The lowest BCUT2D eigenvalue weighted by Gasteiger charge is -2.39. The molecule has 3 unspecified atom stereocenters. The van der Waals surface area contributed by atoms with Gasteiger partial charge in [-0.15, -0.1) is 0 Å². The van der Waals surface area contributed by atoms with Crippen LogP contribution in [0, 0.1) is 18.3 Å². The Morgan fingerprint density at radius 3 is 2.28 bits per heavy atom. The molecule has 5 heteroatoms. The highest BCUT2D eigenvalue weighted by atomic mass is 17.1. The first-order valence-electron chi connectivity index (χ1n) is 8.82. The standard InChI is InChI=1S/C20H30NO4/c1-14-5-7-16(8-6-14)21-10-9-15(2)11-17-18(24-22)12-20(3,4)13-19(17)25-23/h5-8,11,15,18-19,21-23H,1,9-10,12-13H2,2-4H3. The van der Waals surface area contributed by atoms with Crippen molar-refractivity contribution < 1.29 is 20.3 Å². The molecular formula is C20H30NO4. The number of hydrogen-bond donors (Lipinski definition) is 3. The Kier molecular flexibility index (Phi) is 7.02. The lowest BCUT2D eigenvalue weighted by Crippen LogP contribution is -2.39. The summed E-state index contributed by atoms with van der Waals surface area (Å²) >= 11 is 0. The molecule has 0 aliphatic heterocycles. The first-order valence-corrected chi connectivity index (χ1v) is 8.82. The number of anilines is 1. The van der Waals surface area contributed by atoms with Gasteiger partial charge in [-0.2, -0.15) is 0 Å². The number of benzene rings is 1. The molecule has 0 bridgehead atoms. The molecule has 1 saturated carbocycles. The van der Waals surface area contributed by atoms with Gasteiger partial charge >= 0.3 is 0 Å². The molecule has 0 spiro atoms. The van der Waals surface area contributed by atoms with Crippen LogP contribution in [-0.2, 0) is 9.78 Å². The third-order valence-corrected chi connectivity index (χ3v) is 4.83. The van der Waals surface area contributed by atoms with Crippen molar-refractivity contribution in [2.75, 3.05) is 11.9 Å². The minimum Gasteiger partial charge on any atom is -0.385 e. The van der Waals surface area contributed by atoms with E-state index in [1.807, 2.05) is 24.3 Å². The topological polar surface area (TPSA) is 71.0 Å². The van der Waals surface area contributed by atoms with Crippen LogP contribution in [0.4, 0.5) is 5.69 Å². The van der Waals surface area contributed by atoms with Gasteiger partial charge in [-0.25, -0.2) is 9.78 Å². The zero-order valence-electron chi connectivity index (χ0n) is 15.4. The van der Waals surface area contributed by atoms with Crippen LogP contribution in [0.25, 0.3) is 0 Å². The summed E-state index contributed by atoms with van der Waals surface area (Å²) in [4.78, 5) is 9.35. The van der Waals surface area contributed by atoms with Crippen LogP contribution in [0.15, 0.2) is 35.9 Å². The largest absolute Gasteiger partial charge is 0.385 e. The lowest BCUT2D eigenvalue weighted by molar-refractivity contribution is -0.309. The van der Waals surface area contributed by atoms with Crippen LogP contribution in [0.1, 0.15) is 45.6 Å². The van der Waals surface area contributed by atoms with E-state index in [1.165, 1.54) is 0 Å². The Morgan fingerprint density at radius 2 is 1.76 bits per heavy atom. The smallest absolute Gasteiger partial charge is 0.117 e. The van der Waals surface area contributed by atoms with Gasteiger partial charge in [0.1, 0.15) is 12.2 Å². The van der Waals surface area contributed by atoms with E-state index in [0.717, 1.165) is 29.8 Å². The molecule has 3 N–H and O–H groups in total. The van der Waals surface area contributed by atoms with Gasteiger partial charge in [-0.05, 0) is 60.8 Å². The molecule has 2 rings (SSSR count). The van der Waals surface area contributed by atoms with Gasteiger partial charge in [0.2, 0.25) is 0 Å². The number of allylic oxidation sites excluding steroid dienone is 1. The fraction of sp³-hybridized carbons (Fsp3) is 0.550. The fourth-order valence-corrected chi connectivity index (χ4v) is 3.42. The van der Waals surface area contributed by atoms with Crippen molar-refractivity contribution in [3.63, 3.8) is 0 Å². The molecule has 1 radical (unpaired) electrons. The van der Waals surface area contributed by atoms with Crippen LogP contribution in [-0.4, -0.2) is 29.3 Å². The SMILES string of the molecule is [CH2]c1ccc(NCCC(C)C=C2C(OO)CC(C)(C)CC2OO)cc1. The summed E-state index contributed by atoms with van der Waals surface area (Å²) in [5, 5.41) is 21.9. The van der Waals surface area contributed by atoms with E-state index in [-0.39, 0.29) is 11.3 Å². The Labute approximate surface area is 150 Å². The van der Waals surface area contributed by atoms with E-state index >= 15 is 0 Å². The molecular weight excluding hydrogens is 318 g/mol. The summed E-state index contributed by atoms with van der Waals surface area (Å²) in [7, 11) is 0. The van der Waals surface area contributed by atoms with E-state index in [1.54, 1.807) is 0 Å². The first kappa shape index (κ1) is 19.9. The Balaban J connectivity index is 1.95. The molecule has 25 heavy (non-hydrogen) atoms. The zero-order valence-corrected chi connectivity index (χ0v) is 15.4. The van der Waals surface area contributed by atoms with Gasteiger partial charge in [-0.3, -0.25) is 10.5 Å². The number of hydrogen-bond acceptors (Lipinski definition) is 5. The summed E-state index contributed by atoms with van der Waals surface area (Å²) in [5.41, 5.74) is 2.82. The maximum Gasteiger partial charge on any atom is 0.117 e. The van der Waals surface area contributed by atoms with Crippen LogP contribution in [0.2, 0.25) is 0 Å². The van der Waals surface area contributed by atoms with Crippen LogP contribution < -0.4 is 5.32 Å². The molecule has 1 aliphatic carbocycles. The molecule has 0 amide bonds. The fourth-order valence-electron chi connectivity index (χ4n) is 3.42. The van der Waals surface area contributed by atoms with Crippen molar-refractivity contribution in [3.8, 4) is 0 Å². The van der Waals surface area contributed by atoms with Crippen LogP contribution >= 0.6 is 0 Å². The van der Waals surface area contributed by atoms with E-state index in [4.69, 9.17) is 0 Å². The van der Waals surface area contributed by atoms with E-state index in [9.17, 15) is 10.5 Å². The highest BCUT2D eigenvalue weighted by Crippen LogP contribution is 2.41. The molecule has 0 saturated heterocycles. The van der Waals surface area contributed by atoms with Crippen molar-refractivity contribution in [1.29, 1.82) is 0 Å². The zero-order chi connectivity index (χ0) is 18.4. The maximum atomic E-state index is 9.27. The second-order valence-corrected chi connectivity index (χ2v) is 7.82. The van der Waals surface area contributed by atoms with Crippen LogP contribution in [0.5, 0.6) is 0 Å². The van der Waals surface area contributed by atoms with Gasteiger partial charge in [-0.1, -0.05) is 39.0 Å². The molecule has 139 valence electrons. The van der Waals surface area contributed by atoms with Gasteiger partial charge in [0.25, 0.3) is 0 Å². The number of nitrogens with one attached hydrogen (secondary N) is 1. The molecule has 1 fully saturated rings. The second-order valence-electron chi connectivity index (χ2n) is 7.82. The highest BCUT2D eigenvalue weighted by Gasteiger charge is 2.39. The predicted molar refractivity (Wildman–Crippen MR) is 99.3 cm³/mol. The monoisotopic (exact) mass is 348 g/mol. The molecule has 1 aromatic rings. The van der Waals surface area contributed by atoms with Crippen molar-refractivity contribution in [1.82, 2.24) is 0 Å². The average molecular weight is 348 g/mol. The third-order valence-electron chi connectivity index (χ3n) is 4.83. The summed E-state index contributed by atoms with van der Waals surface area (Å²) in [6, 6.07) is 7.98. The highest BCUT2D eigenvalue weighted by molar-refractivity contribution is 5.45. The third kappa shape index (κ3) is 5.82. The van der Waals surface area contributed by atoms with Gasteiger partial charge < -0.3 is 5.32 Å². The molecule has 0 heterocycles. The van der Waals surface area contributed by atoms with Crippen LogP contribution in [0.3, 0.4) is 0 Å². The molecule has 1 aliphatic rings. The molecule has 5 nitrogen and oxygen atoms in total. The van der Waals surface area contributed by atoms with Crippen molar-refractivity contribution in [2.24, 2.45) is 11.3 Å². The van der Waals surface area contributed by atoms with Crippen molar-refractivity contribution >= 4 is 5.69 Å². The van der Waals surface area contributed by atoms with Gasteiger partial charge in [0.15, 0.2) is 0 Å². The minimum absolute atomic E-state index is 0.0662. The summed E-state index contributed by atoms with van der Waals surface area (Å²) in [5.74, 6) is 0.256. The number of rotatable bonds is 7. The quantitative estimate of drug-likeness (QED) is 0.376. The Hall–Kier alpha value is -1.40. The van der Waals surface area contributed by atoms with Crippen molar-refractivity contribution in [3.05, 3.63) is 48.4 Å². The summed E-state index contributed by atoms with van der Waals surface area (Å²) in [6.07, 6.45) is 3.46. The lowest BCUT2D eigenvalue weighted by atomic mass is 9.72. The van der Waals surface area contributed by atoms with E-state index < -0.39 is 12.2 Å². The Morgan fingerprint density at radius 1 is 1.20 bits per heavy atom. The summed E-state index contributed by atoms with van der Waals surface area (Å²) < 4.78 is 0. The van der Waals surface area contributed by atoms with Gasteiger partial charge in [0.05, 0.1) is 0 Å². The minimum atomic E-state index is -0.444. The molecule has 1 aromatic carbocycles. The average Bonchev–Trinajstić information content (AvgIpc) is 2.57. The normalized spacial score (nSPS) is 24.0. The predicted octanol–water partition coefficient (Wildman–Crippen LogP) is 4.77. The Bertz CT molecular complexity index is 550. The molecule has 3 atom stereocenters. The second kappa shape index (κ2) is 8.81. The maximum absolute atomic E-state index is 9.27. The van der Waals surface area contributed by atoms with E-state index in [0.29, 0.717) is 12.8 Å². The van der Waals surface area contributed by atoms with Crippen molar-refractivity contribution in [2.45, 2.75) is 52.2 Å². The molecule has 0 aromatic heterocycles. The van der Waals surface area contributed by atoms with E-state index in [2.05, 4.69) is 48.9 Å².